The van der Waals surface area contributed by atoms with E-state index in [2.05, 4.69) is 4.98 Å². The summed E-state index contributed by atoms with van der Waals surface area (Å²) in [5.74, 6) is 0.643. The third kappa shape index (κ3) is 2.60. The number of likely N-dealkylation sites (N-methyl/N-ethyl adjacent to an activating group) is 1. The van der Waals surface area contributed by atoms with E-state index in [4.69, 9.17) is 4.74 Å². The van der Waals surface area contributed by atoms with Gasteiger partial charge in [-0.05, 0) is 42.5 Å². The number of rotatable bonds is 3. The van der Waals surface area contributed by atoms with Gasteiger partial charge in [0.2, 0.25) is 0 Å². The normalized spacial score (nSPS) is 18.0. The smallest absolute Gasteiger partial charge is 0.261 e. The first-order valence-corrected chi connectivity index (χ1v) is 8.37. The van der Waals surface area contributed by atoms with E-state index in [0.29, 0.717) is 6.54 Å². The van der Waals surface area contributed by atoms with Crippen molar-refractivity contribution < 1.29 is 9.53 Å². The molecule has 0 saturated carbocycles. The summed E-state index contributed by atoms with van der Waals surface area (Å²) < 4.78 is 5.89. The lowest BCUT2D eigenvalue weighted by Crippen LogP contribution is -2.38. The fourth-order valence-electron chi connectivity index (χ4n) is 3.62. The van der Waals surface area contributed by atoms with Crippen molar-refractivity contribution in [3.8, 4) is 5.75 Å². The molecule has 24 heavy (non-hydrogen) atoms. The van der Waals surface area contributed by atoms with Crippen LogP contribution in [0.2, 0.25) is 0 Å². The summed E-state index contributed by atoms with van der Waals surface area (Å²) in [5.41, 5.74) is 3.18. The highest BCUT2D eigenvalue weighted by molar-refractivity contribution is 5.94. The molecule has 0 spiro atoms. The first-order valence-electron chi connectivity index (χ1n) is 8.37. The minimum absolute atomic E-state index is 0.0649. The van der Waals surface area contributed by atoms with Crippen LogP contribution in [0.25, 0.3) is 0 Å². The molecule has 1 atom stereocenters. The van der Waals surface area contributed by atoms with E-state index in [1.807, 2.05) is 24.3 Å². The lowest BCUT2D eigenvalue weighted by atomic mass is 10.1. The number of aryl methyl sites for hydroxylation is 2. The second-order valence-electron chi connectivity index (χ2n) is 6.61. The molecule has 2 aliphatic rings. The molecule has 1 unspecified atom stereocenters. The quantitative estimate of drug-likeness (QED) is 0.938. The van der Waals surface area contributed by atoms with Crippen molar-refractivity contribution in [2.75, 3.05) is 13.6 Å². The van der Waals surface area contributed by atoms with Crippen LogP contribution in [0.1, 0.15) is 33.6 Å². The van der Waals surface area contributed by atoms with Gasteiger partial charge in [0.1, 0.15) is 17.4 Å². The Morgan fingerprint density at radius 2 is 2.12 bits per heavy atom. The number of H-pyrrole nitrogens is 1. The zero-order valence-corrected chi connectivity index (χ0v) is 13.7. The van der Waals surface area contributed by atoms with E-state index < -0.39 is 0 Å². The molecule has 0 fully saturated rings. The average Bonchev–Trinajstić information content (AvgIpc) is 3.18. The number of hydrogen-bond acceptors (Lipinski definition) is 3. The number of carbonyl (C=O) groups is 1. The molecular weight excluding hydrogens is 304 g/mol. The molecule has 5 heteroatoms. The van der Waals surface area contributed by atoms with Crippen LogP contribution < -0.4 is 10.3 Å². The van der Waals surface area contributed by atoms with Gasteiger partial charge in [0.05, 0.1) is 6.54 Å². The van der Waals surface area contributed by atoms with Crippen LogP contribution in [0.4, 0.5) is 0 Å². The molecule has 124 valence electrons. The summed E-state index contributed by atoms with van der Waals surface area (Å²) in [6.07, 6.45) is 3.58. The van der Waals surface area contributed by atoms with Crippen LogP contribution in [0, 0.1) is 0 Å². The van der Waals surface area contributed by atoms with Gasteiger partial charge in [0.25, 0.3) is 11.5 Å². The van der Waals surface area contributed by atoms with Gasteiger partial charge >= 0.3 is 0 Å². The molecule has 1 N–H and O–H groups in total. The molecule has 4 rings (SSSR count). The number of nitrogens with one attached hydrogen (secondary N) is 1. The molecule has 2 aromatic rings. The van der Waals surface area contributed by atoms with Gasteiger partial charge in [-0.2, -0.15) is 0 Å². The van der Waals surface area contributed by atoms with Gasteiger partial charge < -0.3 is 14.6 Å². The van der Waals surface area contributed by atoms with Crippen LogP contribution in [0.15, 0.2) is 35.1 Å². The van der Waals surface area contributed by atoms with Gasteiger partial charge in [0, 0.05) is 19.2 Å². The number of pyridine rings is 1. The minimum atomic E-state index is -0.289. The van der Waals surface area contributed by atoms with Crippen LogP contribution in [0.5, 0.6) is 5.75 Å². The Morgan fingerprint density at radius 1 is 1.29 bits per heavy atom. The van der Waals surface area contributed by atoms with Gasteiger partial charge in [-0.3, -0.25) is 9.59 Å². The molecule has 1 aromatic carbocycles. The van der Waals surface area contributed by atoms with Crippen molar-refractivity contribution in [1.82, 2.24) is 9.88 Å². The van der Waals surface area contributed by atoms with Gasteiger partial charge in [0.15, 0.2) is 0 Å². The minimum Gasteiger partial charge on any atom is -0.488 e. The molecule has 2 heterocycles. The highest BCUT2D eigenvalue weighted by Gasteiger charge is 2.27. The molecule has 1 amide bonds. The van der Waals surface area contributed by atoms with Crippen molar-refractivity contribution in [2.45, 2.75) is 31.8 Å². The zero-order chi connectivity index (χ0) is 16.7. The number of carbonyl (C=O) groups excluding carboxylic acids is 1. The Hall–Kier alpha value is -2.56. The molecule has 1 aliphatic heterocycles. The molecule has 5 nitrogen and oxygen atoms in total. The Labute approximate surface area is 140 Å². The van der Waals surface area contributed by atoms with Crippen molar-refractivity contribution in [3.63, 3.8) is 0 Å². The van der Waals surface area contributed by atoms with E-state index in [-0.39, 0.29) is 23.1 Å². The Kier molecular flexibility index (Phi) is 3.63. The van der Waals surface area contributed by atoms with Crippen LogP contribution in [0.3, 0.4) is 0 Å². The third-order valence-corrected chi connectivity index (χ3v) is 4.86. The number of para-hydroxylation sites is 1. The summed E-state index contributed by atoms with van der Waals surface area (Å²) in [4.78, 5) is 29.3. The topological polar surface area (TPSA) is 62.4 Å². The lowest BCUT2D eigenvalue weighted by molar-refractivity contribution is 0.0728. The SMILES string of the molecule is CN(CC1Cc2ccccc2O1)C(=O)c1cc2c([nH]c1=O)CCC2. The number of benzene rings is 1. The summed E-state index contributed by atoms with van der Waals surface area (Å²) in [7, 11) is 1.72. The fourth-order valence-corrected chi connectivity index (χ4v) is 3.62. The standard InChI is InChI=1S/C19H20N2O3/c1-21(11-14-9-13-5-2-3-8-17(13)24-14)19(23)15-10-12-6-4-7-16(12)20-18(15)22/h2-3,5,8,10,14H,4,6-7,9,11H2,1H3,(H,20,22). The lowest BCUT2D eigenvalue weighted by Gasteiger charge is -2.21. The van der Waals surface area contributed by atoms with Crippen LogP contribution >= 0.6 is 0 Å². The van der Waals surface area contributed by atoms with Crippen LogP contribution in [-0.4, -0.2) is 35.5 Å². The highest BCUT2D eigenvalue weighted by Crippen LogP contribution is 2.28. The Bertz CT molecular complexity index is 831. The Morgan fingerprint density at radius 3 is 2.96 bits per heavy atom. The fraction of sp³-hybridized carbons (Fsp3) is 0.368. The number of aromatic amines is 1. The maximum absolute atomic E-state index is 12.7. The van der Waals surface area contributed by atoms with Crippen molar-refractivity contribution >= 4 is 5.91 Å². The maximum Gasteiger partial charge on any atom is 0.261 e. The number of aromatic nitrogens is 1. The molecule has 0 saturated heterocycles. The number of amides is 1. The van der Waals surface area contributed by atoms with Crippen molar-refractivity contribution in [2.24, 2.45) is 0 Å². The van der Waals surface area contributed by atoms with Crippen molar-refractivity contribution in [3.05, 3.63) is 63.1 Å². The van der Waals surface area contributed by atoms with Crippen LogP contribution in [-0.2, 0) is 19.3 Å². The molecular formula is C19H20N2O3. The van der Waals surface area contributed by atoms with Crippen molar-refractivity contribution in [1.29, 1.82) is 0 Å². The second-order valence-corrected chi connectivity index (χ2v) is 6.61. The summed E-state index contributed by atoms with van der Waals surface area (Å²) >= 11 is 0. The number of fused-ring (bicyclic) bond motifs is 2. The monoisotopic (exact) mass is 324 g/mol. The average molecular weight is 324 g/mol. The first-order chi connectivity index (χ1) is 11.6. The Balaban J connectivity index is 1.49. The van der Waals surface area contributed by atoms with E-state index in [1.54, 1.807) is 18.0 Å². The molecule has 0 radical (unpaired) electrons. The molecule has 0 bridgehead atoms. The van der Waals surface area contributed by atoms with Gasteiger partial charge in [-0.1, -0.05) is 18.2 Å². The summed E-state index contributed by atoms with van der Waals surface area (Å²) in [5, 5.41) is 0. The number of ether oxygens (including phenoxy) is 1. The summed E-state index contributed by atoms with van der Waals surface area (Å²) in [6.45, 7) is 0.462. The number of nitrogens with zero attached hydrogens (tertiary/aromatic N) is 1. The zero-order valence-electron chi connectivity index (χ0n) is 13.7. The first kappa shape index (κ1) is 15.0. The molecule has 1 aromatic heterocycles. The predicted molar refractivity (Wildman–Crippen MR) is 90.6 cm³/mol. The second kappa shape index (κ2) is 5.82. The van der Waals surface area contributed by atoms with Gasteiger partial charge in [-0.25, -0.2) is 0 Å². The largest absolute Gasteiger partial charge is 0.488 e. The van der Waals surface area contributed by atoms with E-state index in [1.165, 1.54) is 5.56 Å². The summed E-state index contributed by atoms with van der Waals surface area (Å²) in [6, 6.07) is 9.69. The molecule has 1 aliphatic carbocycles. The third-order valence-electron chi connectivity index (χ3n) is 4.86. The van der Waals surface area contributed by atoms with E-state index >= 15 is 0 Å². The highest BCUT2D eigenvalue weighted by atomic mass is 16.5. The predicted octanol–water partition coefficient (Wildman–Crippen LogP) is 1.94. The maximum atomic E-state index is 12.7. The van der Waals surface area contributed by atoms with E-state index in [9.17, 15) is 9.59 Å². The van der Waals surface area contributed by atoms with E-state index in [0.717, 1.165) is 42.7 Å². The van der Waals surface area contributed by atoms with Gasteiger partial charge in [-0.15, -0.1) is 0 Å². The number of hydrogen-bond donors (Lipinski definition) is 1.